The summed E-state index contributed by atoms with van der Waals surface area (Å²) in [6.45, 7) is 4.57. The third kappa shape index (κ3) is 5.66. The van der Waals surface area contributed by atoms with Crippen molar-refractivity contribution in [1.29, 1.82) is 0 Å². The van der Waals surface area contributed by atoms with E-state index >= 15 is 0 Å². The van der Waals surface area contributed by atoms with E-state index in [1.54, 1.807) is 5.30 Å². The maximum atomic E-state index is 4.93. The standard InChI is InChI=1S/C23H32P.2ClH.Zr/c1-17-13-14-18(2)23-16-21(15-22(17)23)24(19-9-5-3-6-10-19)20-11-7-4-8-12-20;;;/h13-16,19-20H,3-12H2,1-2H3;2*1H;/q-1;;;+2/p-2. The van der Waals surface area contributed by atoms with Crippen LogP contribution in [0.5, 0.6) is 0 Å². The summed E-state index contributed by atoms with van der Waals surface area (Å²) in [5.74, 6) is 0. The molecule has 0 nitrogen and oxygen atoms in total. The van der Waals surface area contributed by atoms with Gasteiger partial charge in [0.2, 0.25) is 0 Å². The van der Waals surface area contributed by atoms with E-state index < -0.39 is 20.8 Å². The van der Waals surface area contributed by atoms with Gasteiger partial charge >= 0.3 is 37.9 Å². The number of rotatable bonds is 3. The van der Waals surface area contributed by atoms with Crippen LogP contribution in [0.25, 0.3) is 10.8 Å². The van der Waals surface area contributed by atoms with Gasteiger partial charge in [-0.3, -0.25) is 0 Å². The van der Waals surface area contributed by atoms with E-state index in [1.165, 1.54) is 86.1 Å². The fraction of sp³-hybridized carbons (Fsp3) is 0.609. The Balaban J connectivity index is 0.000000659. The Morgan fingerprint density at radius 2 is 1.33 bits per heavy atom. The summed E-state index contributed by atoms with van der Waals surface area (Å²) in [4.78, 5) is 0. The van der Waals surface area contributed by atoms with E-state index in [9.17, 15) is 0 Å². The Kier molecular flexibility index (Phi) is 9.30. The third-order valence-corrected chi connectivity index (χ3v) is 10.0. The molecule has 4 heteroatoms. The zero-order valence-corrected chi connectivity index (χ0v) is 21.6. The predicted molar refractivity (Wildman–Crippen MR) is 121 cm³/mol. The molecule has 0 spiro atoms. The number of hydrogen-bond donors (Lipinski definition) is 0. The van der Waals surface area contributed by atoms with Crippen LogP contribution in [-0.4, -0.2) is 11.3 Å². The minimum absolute atomic E-state index is 0.0363. The number of aryl methyl sites for hydroxylation is 2. The van der Waals surface area contributed by atoms with Crippen LogP contribution < -0.4 is 5.30 Å². The molecular formula is C23H32Cl2PZr-. The zero-order valence-electron chi connectivity index (χ0n) is 16.7. The Morgan fingerprint density at radius 1 is 0.852 bits per heavy atom. The van der Waals surface area contributed by atoms with Crippen LogP contribution in [0.4, 0.5) is 0 Å². The maximum absolute atomic E-state index is 4.93. The van der Waals surface area contributed by atoms with E-state index in [0.29, 0.717) is 0 Å². The van der Waals surface area contributed by atoms with Crippen molar-refractivity contribution in [2.45, 2.75) is 89.4 Å². The average molecular weight is 502 g/mol. The molecule has 2 fully saturated rings. The Morgan fingerprint density at radius 3 is 1.81 bits per heavy atom. The van der Waals surface area contributed by atoms with Gasteiger partial charge < -0.3 is 0 Å². The number of fused-ring (bicyclic) bond motifs is 1. The predicted octanol–water partition coefficient (Wildman–Crippen LogP) is 8.32. The summed E-state index contributed by atoms with van der Waals surface area (Å²) in [5, 5.41) is 4.81. The van der Waals surface area contributed by atoms with E-state index in [2.05, 4.69) is 38.1 Å². The molecule has 2 aromatic rings. The van der Waals surface area contributed by atoms with Crippen LogP contribution in [-0.2, 0) is 20.8 Å². The minimum atomic E-state index is -0.826. The van der Waals surface area contributed by atoms with Crippen molar-refractivity contribution in [3.8, 4) is 0 Å². The molecule has 0 unspecified atom stereocenters. The average Bonchev–Trinajstić information content (AvgIpc) is 3.14. The van der Waals surface area contributed by atoms with Crippen LogP contribution in [0.2, 0.25) is 0 Å². The normalized spacial score (nSPS) is 19.1. The van der Waals surface area contributed by atoms with Gasteiger partial charge in [-0.25, -0.2) is 0 Å². The van der Waals surface area contributed by atoms with Crippen molar-refractivity contribution in [1.82, 2.24) is 0 Å². The molecule has 2 aliphatic rings. The van der Waals surface area contributed by atoms with Crippen molar-refractivity contribution in [3.63, 3.8) is 0 Å². The first-order valence-electron chi connectivity index (χ1n) is 10.6. The van der Waals surface area contributed by atoms with Crippen molar-refractivity contribution in [3.05, 3.63) is 35.4 Å². The molecule has 0 bridgehead atoms. The van der Waals surface area contributed by atoms with Gasteiger partial charge in [0.1, 0.15) is 0 Å². The molecule has 148 valence electrons. The van der Waals surface area contributed by atoms with Crippen LogP contribution in [0.15, 0.2) is 24.3 Å². The fourth-order valence-corrected chi connectivity index (χ4v) is 9.00. The van der Waals surface area contributed by atoms with Crippen molar-refractivity contribution < 1.29 is 20.8 Å². The quantitative estimate of drug-likeness (QED) is 0.293. The summed E-state index contributed by atoms with van der Waals surface area (Å²) in [7, 11) is 9.90. The zero-order chi connectivity index (χ0) is 19.2. The van der Waals surface area contributed by atoms with Gasteiger partial charge in [-0.05, 0) is 43.9 Å². The molecule has 0 atom stereocenters. The second kappa shape index (κ2) is 11.2. The van der Waals surface area contributed by atoms with E-state index in [0.717, 1.165) is 11.3 Å². The molecule has 0 heterocycles. The van der Waals surface area contributed by atoms with Crippen LogP contribution in [0.3, 0.4) is 0 Å². The monoisotopic (exact) mass is 499 g/mol. The van der Waals surface area contributed by atoms with Gasteiger partial charge in [-0.15, -0.1) is 33.8 Å². The number of halogens is 2. The van der Waals surface area contributed by atoms with Crippen molar-refractivity contribution >= 4 is 41.0 Å². The SMILES string of the molecule is Cc1ccc(C)c2[cH-]c(P(C3CCCCC3)C3CCCCC3)cc12.[Cl][Zr][Cl]. The van der Waals surface area contributed by atoms with Gasteiger partial charge in [-0.2, -0.15) is 6.07 Å². The molecule has 0 amide bonds. The molecule has 0 aromatic heterocycles. The summed E-state index contributed by atoms with van der Waals surface area (Å²) in [6.07, 6.45) is 14.9. The third-order valence-electron chi connectivity index (χ3n) is 6.54. The Hall–Kier alpha value is 0.723. The second-order valence-electron chi connectivity index (χ2n) is 8.30. The molecular weight excluding hydrogens is 469 g/mol. The van der Waals surface area contributed by atoms with Gasteiger partial charge in [0.15, 0.2) is 0 Å². The molecule has 2 saturated carbocycles. The molecule has 2 aromatic carbocycles. The van der Waals surface area contributed by atoms with E-state index in [1.807, 2.05) is 0 Å². The first-order valence-corrected chi connectivity index (χ1v) is 18.4. The Bertz CT molecular complexity index is 657. The van der Waals surface area contributed by atoms with Crippen molar-refractivity contribution in [2.75, 3.05) is 0 Å². The van der Waals surface area contributed by atoms with Gasteiger partial charge in [0.25, 0.3) is 0 Å². The van der Waals surface area contributed by atoms with Crippen LogP contribution in [0.1, 0.15) is 75.3 Å². The first-order chi connectivity index (χ1) is 13.2. The van der Waals surface area contributed by atoms with Gasteiger partial charge in [-0.1, -0.05) is 65.0 Å². The fourth-order valence-electron chi connectivity index (χ4n) is 5.16. The van der Waals surface area contributed by atoms with Crippen LogP contribution >= 0.6 is 24.9 Å². The summed E-state index contributed by atoms with van der Waals surface area (Å²) < 4.78 is 0. The van der Waals surface area contributed by atoms with Crippen molar-refractivity contribution in [2.24, 2.45) is 0 Å². The molecule has 27 heavy (non-hydrogen) atoms. The summed E-state index contributed by atoms with van der Waals surface area (Å²) in [6, 6.07) is 9.83. The molecule has 0 aliphatic heterocycles. The van der Waals surface area contributed by atoms with Crippen LogP contribution in [0, 0.1) is 13.8 Å². The summed E-state index contributed by atoms with van der Waals surface area (Å²) >= 11 is -0.826. The Labute approximate surface area is 185 Å². The summed E-state index contributed by atoms with van der Waals surface area (Å²) in [5.41, 5.74) is 4.94. The van der Waals surface area contributed by atoms with Gasteiger partial charge in [0.05, 0.1) is 0 Å². The van der Waals surface area contributed by atoms with E-state index in [-0.39, 0.29) is 7.92 Å². The number of hydrogen-bond acceptors (Lipinski definition) is 0. The van der Waals surface area contributed by atoms with Gasteiger partial charge in [0, 0.05) is 0 Å². The topological polar surface area (TPSA) is 0 Å². The molecule has 0 N–H and O–H groups in total. The second-order valence-corrected chi connectivity index (χ2v) is 14.8. The first kappa shape index (κ1) is 22.4. The number of benzene rings is 1. The molecule has 2 aliphatic carbocycles. The molecule has 4 rings (SSSR count). The molecule has 0 saturated heterocycles. The molecule has 0 radical (unpaired) electrons. The van der Waals surface area contributed by atoms with E-state index in [4.69, 9.17) is 17.0 Å².